The van der Waals surface area contributed by atoms with E-state index < -0.39 is 179 Å². The number of aliphatic carboxylic acids is 1. The second-order valence-electron chi connectivity index (χ2n) is 40.5. The number of anilines is 3. The molecule has 7 saturated heterocycles. The molecule has 42 heteroatoms. The first-order valence-electron chi connectivity index (χ1n) is 49.0. The number of carbonyl (C=O) groups is 12. The van der Waals surface area contributed by atoms with Crippen LogP contribution in [0.25, 0.3) is 0 Å². The molecule has 148 heavy (non-hydrogen) atoms. The van der Waals surface area contributed by atoms with Gasteiger partial charge in [0.1, 0.15) is 82.6 Å². The minimum atomic E-state index is -1.59. The molecule has 9 N–H and O–H groups in total. The van der Waals surface area contributed by atoms with E-state index in [4.69, 9.17) is 77.8 Å². The van der Waals surface area contributed by atoms with E-state index in [0.29, 0.717) is 62.9 Å². The van der Waals surface area contributed by atoms with E-state index in [1.807, 2.05) is 187 Å². The average molecular weight is 2200 g/mol. The van der Waals surface area contributed by atoms with Crippen LogP contribution < -0.4 is 36.0 Å². The standard InChI is InChI=1S/C36H50ClN3O8S2.C32H44ClN3O7.C28H37ClN2O6.C5H7NO3.C4H8O2S2.CH4/c1-20-11-10-12-22(3)36(45)19-27(46-34(44)38-36)23(4)32-35(6,48-32)28(47-33(43)24(5)39(7)29(41)13-14-50-49-9)18-30(42)40(8)26-17-25(15-20)16-21(2)31(26)37;1-17-10-9-11-19(3)32(40)16-24(41-30(39)35-32)20(4)28-31(6,43-28)25(42-29(38)21(5)34-7)15-26(37)36(8)23-14-22(12-17)13-18(2)27(23)33;1-15-8-7-9-17(3)28(35)14-21(36-26(34)30-28)18(4)25-27(5,37-25)22(32)13-23(33)31(6)20-12-19(10-15)11-16(2)24(20)29;1-3-4(7)9-5(8)6(3)2;1-7-8-3-2-4(5)6;/h10-12,16-17,22-24,27-28,32,45H,13-15,18-19H2,1-9H3,(H,38,44);9-11,13-14,19-21,24-25,28,34,40H,12,15-16H2,1-8H3,(H,35,39);7-9,11-12,17-18,21-22,25,32,35H,10,13-14H2,1-6H3,(H,30,34);3H,1-2H3;2-3H2,1H3,(H,5,6);1H4/b12-10+,20-11+;11-9+,17-10+;9-7+,15-8+;;;/t22?,23?,24-,27?,28?,32?,35?,36?;19?,20?,21-,24?,25?,28?,31?,32?;;3-;;/m00.0../s1. The predicted molar refractivity (Wildman–Crippen MR) is 577 cm³/mol. The van der Waals surface area contributed by atoms with Crippen molar-refractivity contribution in [3.8, 4) is 0 Å². The van der Waals surface area contributed by atoms with Crippen molar-refractivity contribution in [3.05, 3.63) is 156 Å². The van der Waals surface area contributed by atoms with Crippen molar-refractivity contribution in [3.63, 3.8) is 0 Å². The van der Waals surface area contributed by atoms with Gasteiger partial charge in [-0.25, -0.2) is 28.8 Å². The van der Waals surface area contributed by atoms with Crippen LogP contribution in [0.1, 0.15) is 196 Å². The summed E-state index contributed by atoms with van der Waals surface area (Å²) in [6.07, 6.45) is 13.6. The number of allylic oxidation sites excluding steroid dienone is 9. The number of benzene rings is 3. The van der Waals surface area contributed by atoms with Gasteiger partial charge in [-0.3, -0.25) is 49.6 Å². The lowest BCUT2D eigenvalue weighted by Crippen LogP contribution is -2.60. The molecule has 0 spiro atoms. The number of aliphatic hydroxyl groups is 4. The molecular formula is C106H150Cl3N9O26S4. The Hall–Kier alpha value is -8.91. The van der Waals surface area contributed by atoms with E-state index in [-0.39, 0.29) is 94.3 Å². The molecule has 7 fully saturated rings. The summed E-state index contributed by atoms with van der Waals surface area (Å²) in [6.45, 7) is 32.9. The van der Waals surface area contributed by atoms with Gasteiger partial charge >= 0.3 is 48.3 Å². The number of fused-ring (bicyclic) bond motifs is 15. The van der Waals surface area contributed by atoms with Gasteiger partial charge in [-0.05, 0) is 173 Å². The average Bonchev–Trinajstić information content (AvgIpc) is 1.58. The number of esters is 3. The number of hydrogen-bond acceptors (Lipinski definition) is 30. The van der Waals surface area contributed by atoms with Gasteiger partial charge in [-0.15, -0.1) is 0 Å². The van der Waals surface area contributed by atoms with Crippen molar-refractivity contribution in [2.45, 2.75) is 310 Å². The van der Waals surface area contributed by atoms with Crippen LogP contribution in [0, 0.1) is 56.3 Å². The second-order valence-corrected chi connectivity index (χ2v) is 47.0. The van der Waals surface area contributed by atoms with Crippen molar-refractivity contribution in [1.82, 2.24) is 31.1 Å². The first kappa shape index (κ1) is 124. The number of aliphatic hydroxyl groups excluding tert-OH is 1. The highest BCUT2D eigenvalue weighted by atomic mass is 35.5. The van der Waals surface area contributed by atoms with Gasteiger partial charge in [-0.1, -0.05) is 217 Å². The molecule has 12 bridgehead atoms. The van der Waals surface area contributed by atoms with E-state index >= 15 is 0 Å². The number of nitrogens with one attached hydrogen (secondary N) is 4. The number of likely N-dealkylation sites (N-methyl/N-ethyl adjacent to an activating group) is 3. The number of halogens is 3. The third-order valence-corrected chi connectivity index (χ3v) is 34.4. The topological polar surface area (TPSA) is 463 Å². The molecule has 0 aliphatic carbocycles. The van der Waals surface area contributed by atoms with Crippen molar-refractivity contribution in [1.29, 1.82) is 0 Å². The SMILES string of the molecule is C.C/C1=C\C=C\C(C)C2(O)CC(OC(=O)N2)C(C)C2OC2(C)C(O)CC(=O)N(C)c2cc(cc(C)c2Cl)C1.CN[C@@H](C)C(=O)OC1CC(=O)N(C)c2cc(cc(C)c2Cl)C/C(C)=C/C=C/C(C)C2(O)CC(OC(=O)N2)C(C)C2OC12C.CSSCCC(=O)N(C)[C@@H](C)C(=O)OC1CC(=O)N(C)c2cc(cc(C)c2Cl)C/C(C)=C/C=C/C(C)C2(O)CC(OC(=O)N2)C(C)C2OC12C.CSSCCC(=O)O.C[C@H]1C(=O)OC(=O)N1C. The first-order valence-corrected chi connectivity index (χ1v) is 55.6. The molecule has 13 rings (SSSR count). The van der Waals surface area contributed by atoms with E-state index in [9.17, 15) is 78.0 Å². The normalized spacial score (nSPS) is 33.3. The Morgan fingerprint density at radius 1 is 0.520 bits per heavy atom. The number of carboxylic acid groups (broad SMARTS) is 1. The molecule has 0 aromatic heterocycles. The highest BCUT2D eigenvalue weighted by Crippen LogP contribution is 2.53. The summed E-state index contributed by atoms with van der Waals surface area (Å²) in [5.74, 6) is -4.68. The van der Waals surface area contributed by atoms with Crippen LogP contribution in [0.15, 0.2) is 108 Å². The van der Waals surface area contributed by atoms with Crippen LogP contribution in [-0.4, -0.2) is 281 Å². The van der Waals surface area contributed by atoms with Crippen molar-refractivity contribution in [2.24, 2.45) is 35.5 Å². The molecule has 3 aromatic rings. The van der Waals surface area contributed by atoms with Crippen LogP contribution >= 0.6 is 78.0 Å². The van der Waals surface area contributed by atoms with Gasteiger partial charge in [-0.2, -0.15) is 0 Å². The Labute approximate surface area is 900 Å². The Bertz CT molecular complexity index is 5540. The van der Waals surface area contributed by atoms with E-state index in [1.165, 1.54) is 31.5 Å². The summed E-state index contributed by atoms with van der Waals surface area (Å²) < 4.78 is 51.4. The maximum atomic E-state index is 14.0. The number of carbonyl (C=O) groups excluding carboxylic acids is 11. The molecule has 24 atom stereocenters. The first-order chi connectivity index (χ1) is 68.6. The summed E-state index contributed by atoms with van der Waals surface area (Å²) in [6, 6.07) is 9.69. The lowest BCUT2D eigenvalue weighted by atomic mass is 9.82. The predicted octanol–water partition coefficient (Wildman–Crippen LogP) is 16.2. The number of aryl methyl sites for hydroxylation is 3. The van der Waals surface area contributed by atoms with Crippen molar-refractivity contribution in [2.75, 3.05) is 81.0 Å². The minimum absolute atomic E-state index is 0. The molecule has 21 unspecified atom stereocenters. The van der Waals surface area contributed by atoms with E-state index in [0.717, 1.165) is 50.1 Å². The molecule has 0 radical (unpaired) electrons. The van der Waals surface area contributed by atoms with Gasteiger partial charge in [0.15, 0.2) is 0 Å². The van der Waals surface area contributed by atoms with Crippen LogP contribution in [0.5, 0.6) is 0 Å². The molecular weight excluding hydrogens is 2050 g/mol. The van der Waals surface area contributed by atoms with Crippen LogP contribution in [0.3, 0.4) is 0 Å². The highest BCUT2D eigenvalue weighted by Gasteiger charge is 2.67. The largest absolute Gasteiger partial charge is 0.481 e. The Morgan fingerprint density at radius 2 is 0.845 bits per heavy atom. The molecule has 8 amide bonds. The number of ether oxygens (including phenoxy) is 9. The molecule has 35 nitrogen and oxygen atoms in total. The maximum absolute atomic E-state index is 14.0. The summed E-state index contributed by atoms with van der Waals surface area (Å²) in [5, 5.41) is 65.7. The summed E-state index contributed by atoms with van der Waals surface area (Å²) in [5.41, 5.74) is 2.42. The summed E-state index contributed by atoms with van der Waals surface area (Å²) in [4.78, 5) is 156. The van der Waals surface area contributed by atoms with Gasteiger partial charge in [0.2, 0.25) is 23.6 Å². The Morgan fingerprint density at radius 3 is 1.16 bits per heavy atom. The third-order valence-electron chi connectivity index (χ3n) is 29.3. The summed E-state index contributed by atoms with van der Waals surface area (Å²) in [7, 11) is 16.0. The molecule has 820 valence electrons. The molecule has 10 aliphatic rings. The number of carboxylic acids is 1. The third kappa shape index (κ3) is 31.0. The van der Waals surface area contributed by atoms with Gasteiger partial charge < -0.3 is 93.1 Å². The maximum Gasteiger partial charge on any atom is 0.418 e. The van der Waals surface area contributed by atoms with Crippen LogP contribution in [-0.2, 0) is 100 Å². The van der Waals surface area contributed by atoms with Crippen molar-refractivity contribution >= 4 is 167 Å². The zero-order valence-electron chi connectivity index (χ0n) is 88.6. The molecule has 10 heterocycles. The number of amides is 8. The smallest absolute Gasteiger partial charge is 0.418 e. The summed E-state index contributed by atoms with van der Waals surface area (Å²) >= 11 is 20.0. The van der Waals surface area contributed by atoms with Crippen LogP contribution in [0.4, 0.5) is 36.2 Å². The quantitative estimate of drug-likeness (QED) is 0.0181. The van der Waals surface area contributed by atoms with Gasteiger partial charge in [0, 0.05) is 108 Å². The molecule has 0 saturated carbocycles. The van der Waals surface area contributed by atoms with Crippen molar-refractivity contribution < 1.29 is 126 Å². The lowest BCUT2D eigenvalue weighted by Gasteiger charge is -2.41. The minimum Gasteiger partial charge on any atom is -0.481 e. The van der Waals surface area contributed by atoms with Gasteiger partial charge in [0.05, 0.1) is 82.2 Å². The fourth-order valence-corrected chi connectivity index (χ4v) is 21.7. The Kier molecular flexibility index (Phi) is 44.2. The fourth-order valence-electron chi connectivity index (χ4n) is 18.6. The second kappa shape index (κ2) is 52.6. The number of rotatable bonds is 14. The van der Waals surface area contributed by atoms with Crippen LogP contribution in [0.2, 0.25) is 15.1 Å². The molecule has 3 aromatic carbocycles. The number of alkyl carbamates (subject to hydrolysis) is 3. The number of hydrogen-bond donors (Lipinski definition) is 9. The van der Waals surface area contributed by atoms with Gasteiger partial charge in [0.25, 0.3) is 0 Å². The lowest BCUT2D eigenvalue weighted by molar-refractivity contribution is -0.162. The number of nitrogens with zero attached hydrogens (tertiary/aromatic N) is 5. The highest BCUT2D eigenvalue weighted by molar-refractivity contribution is 8.76. The zero-order valence-corrected chi connectivity index (χ0v) is 94.1. The number of cyclic esters (lactones) is 2. The van der Waals surface area contributed by atoms with E-state index in [1.54, 1.807) is 120 Å². The Balaban J connectivity index is 0.000000250. The fraction of sp³-hybridized carbons (Fsp3) is 0.604. The molecule has 10 aliphatic heterocycles. The monoisotopic (exact) mass is 2200 g/mol. The number of epoxide rings is 3. The zero-order chi connectivity index (χ0) is 110. The van der Waals surface area contributed by atoms with E-state index in [2.05, 4.69) is 26.0 Å².